The Morgan fingerprint density at radius 2 is 2.05 bits per heavy atom. The quantitative estimate of drug-likeness (QED) is 0.468. The zero-order chi connectivity index (χ0) is 25.6. The number of aliphatic hydroxyl groups is 1. The maximum atomic E-state index is 14.5. The van der Waals surface area contributed by atoms with Gasteiger partial charge in [0.1, 0.15) is 23.0 Å². The van der Waals surface area contributed by atoms with Crippen LogP contribution >= 0.6 is 0 Å². The second kappa shape index (κ2) is 9.71. The predicted molar refractivity (Wildman–Crippen MR) is 137 cm³/mol. The minimum atomic E-state index is -0.504. The van der Waals surface area contributed by atoms with Crippen molar-refractivity contribution in [1.29, 1.82) is 0 Å². The van der Waals surface area contributed by atoms with Gasteiger partial charge in [0.15, 0.2) is 0 Å². The normalized spacial score (nSPS) is 27.5. The second-order valence-corrected chi connectivity index (χ2v) is 11.3. The van der Waals surface area contributed by atoms with Crippen LogP contribution in [0, 0.1) is 23.5 Å². The summed E-state index contributed by atoms with van der Waals surface area (Å²) in [7, 11) is 0. The van der Waals surface area contributed by atoms with Gasteiger partial charge in [-0.1, -0.05) is 12.8 Å². The summed E-state index contributed by atoms with van der Waals surface area (Å²) in [5.41, 5.74) is 1.80. The Kier molecular flexibility index (Phi) is 6.39. The molecule has 8 heteroatoms. The molecule has 2 N–H and O–H groups in total. The average molecular weight is 509 g/mol. The maximum absolute atomic E-state index is 14.5. The van der Waals surface area contributed by atoms with Crippen LogP contribution in [-0.2, 0) is 0 Å². The Labute approximate surface area is 215 Å². The molecule has 2 aromatic heterocycles. The molecule has 1 aliphatic heterocycles. The molecule has 1 amide bonds. The molecule has 2 saturated carbocycles. The van der Waals surface area contributed by atoms with Crippen molar-refractivity contribution in [3.63, 3.8) is 0 Å². The van der Waals surface area contributed by atoms with Crippen LogP contribution in [0.25, 0.3) is 5.65 Å². The summed E-state index contributed by atoms with van der Waals surface area (Å²) in [6.07, 6.45) is 12.0. The number of hydrogen-bond donors (Lipinski definition) is 2. The third-order valence-corrected chi connectivity index (χ3v) is 8.72. The summed E-state index contributed by atoms with van der Waals surface area (Å²) in [6.45, 7) is 1.28. The Hall–Kier alpha value is -3.00. The maximum Gasteiger partial charge on any atom is 0.269 e. The monoisotopic (exact) mass is 508 g/mol. The number of benzene rings is 1. The molecule has 2 bridgehead atoms. The van der Waals surface area contributed by atoms with Gasteiger partial charge in [0.05, 0.1) is 23.5 Å². The summed E-state index contributed by atoms with van der Waals surface area (Å²) in [6, 6.07) is 7.12. The number of anilines is 1. The van der Waals surface area contributed by atoms with Gasteiger partial charge in [-0.05, 0) is 87.1 Å². The van der Waals surface area contributed by atoms with Crippen molar-refractivity contribution < 1.29 is 18.7 Å². The second-order valence-electron chi connectivity index (χ2n) is 11.3. The van der Waals surface area contributed by atoms with Gasteiger partial charge in [0.25, 0.3) is 5.91 Å². The first kappa shape index (κ1) is 24.3. The van der Waals surface area contributed by atoms with Gasteiger partial charge in [0, 0.05) is 24.8 Å². The van der Waals surface area contributed by atoms with Crippen molar-refractivity contribution in [3.8, 4) is 0 Å². The van der Waals surface area contributed by atoms with Crippen LogP contribution in [0.2, 0.25) is 0 Å². The van der Waals surface area contributed by atoms with Crippen LogP contribution in [-0.4, -0.2) is 39.1 Å². The molecule has 3 unspecified atom stereocenters. The third kappa shape index (κ3) is 4.83. The van der Waals surface area contributed by atoms with Crippen molar-refractivity contribution in [3.05, 3.63) is 65.6 Å². The first-order valence-corrected chi connectivity index (χ1v) is 13.6. The molecular weight excluding hydrogens is 474 g/mol. The summed E-state index contributed by atoms with van der Waals surface area (Å²) in [5.74, 6) is 0.0104. The smallest absolute Gasteiger partial charge is 0.269 e. The van der Waals surface area contributed by atoms with Crippen LogP contribution in [0.3, 0.4) is 0 Å². The highest BCUT2D eigenvalue weighted by Gasteiger charge is 2.41. The number of amides is 1. The number of carbonyl (C=O) groups excluding carboxylic acids is 1. The van der Waals surface area contributed by atoms with E-state index >= 15 is 0 Å². The van der Waals surface area contributed by atoms with Crippen molar-refractivity contribution in [2.24, 2.45) is 11.8 Å². The highest BCUT2D eigenvalue weighted by molar-refractivity contribution is 5.93. The van der Waals surface area contributed by atoms with E-state index in [1.165, 1.54) is 18.6 Å². The highest BCUT2D eigenvalue weighted by Crippen LogP contribution is 2.46. The molecular formula is C29H34F2N4O2. The molecule has 3 aliphatic rings. The SMILES string of the molecule is O=C(NCCC1CC2CCCC(O)(C2)C1)c1cnc2ccc(N3CCC[C@@H]3c3cc(F)ccc3F)cn12. The standard InChI is InChI=1S/C29H34F2N4O2/c30-21-5-7-24(31)23(14-21)25-4-2-12-34(25)22-6-8-27-33-17-26(35(27)18-22)28(36)32-11-9-20-13-19-3-1-10-29(37,15-19)16-20/h5-8,14,17-20,25,37H,1-4,9-13,15-16H2,(H,32,36)/t19?,20?,25-,29?/m1/s1. The minimum Gasteiger partial charge on any atom is -0.390 e. The van der Waals surface area contributed by atoms with Gasteiger partial charge in [-0.3, -0.25) is 9.20 Å². The number of nitrogens with one attached hydrogen (secondary N) is 1. The van der Waals surface area contributed by atoms with E-state index in [4.69, 9.17) is 0 Å². The van der Waals surface area contributed by atoms with E-state index in [9.17, 15) is 18.7 Å². The molecule has 196 valence electrons. The number of pyridine rings is 1. The number of rotatable bonds is 6. The van der Waals surface area contributed by atoms with Crippen LogP contribution in [0.15, 0.2) is 42.7 Å². The lowest BCUT2D eigenvalue weighted by Crippen LogP contribution is -2.43. The summed E-state index contributed by atoms with van der Waals surface area (Å²) in [5, 5.41) is 13.9. The topological polar surface area (TPSA) is 69.9 Å². The number of carbonyl (C=O) groups is 1. The number of imidazole rings is 1. The van der Waals surface area contributed by atoms with Gasteiger partial charge in [-0.2, -0.15) is 0 Å². The van der Waals surface area contributed by atoms with Crippen LogP contribution in [0.5, 0.6) is 0 Å². The molecule has 3 fully saturated rings. The van der Waals surface area contributed by atoms with Gasteiger partial charge in [-0.25, -0.2) is 13.8 Å². The molecule has 6 nitrogen and oxygen atoms in total. The molecule has 1 saturated heterocycles. The van der Waals surface area contributed by atoms with E-state index in [1.807, 2.05) is 18.3 Å². The van der Waals surface area contributed by atoms with Gasteiger partial charge < -0.3 is 15.3 Å². The van der Waals surface area contributed by atoms with Crippen LogP contribution in [0.1, 0.15) is 79.9 Å². The van der Waals surface area contributed by atoms with Crippen molar-refractivity contribution in [2.75, 3.05) is 18.0 Å². The van der Waals surface area contributed by atoms with Crippen molar-refractivity contribution in [1.82, 2.24) is 14.7 Å². The van der Waals surface area contributed by atoms with Crippen molar-refractivity contribution in [2.45, 2.75) is 69.4 Å². The molecule has 4 atom stereocenters. The van der Waals surface area contributed by atoms with Gasteiger partial charge in [0.2, 0.25) is 0 Å². The molecule has 3 aromatic rings. The largest absolute Gasteiger partial charge is 0.390 e. The number of hydrogen-bond acceptors (Lipinski definition) is 4. The summed E-state index contributed by atoms with van der Waals surface area (Å²) >= 11 is 0. The van der Waals surface area contributed by atoms with E-state index in [0.29, 0.717) is 35.3 Å². The lowest BCUT2D eigenvalue weighted by Gasteiger charge is -2.45. The number of nitrogens with zero attached hydrogens (tertiary/aromatic N) is 3. The van der Waals surface area contributed by atoms with Gasteiger partial charge >= 0.3 is 0 Å². The Balaban J connectivity index is 1.15. The fourth-order valence-electron chi connectivity index (χ4n) is 7.12. The average Bonchev–Trinajstić information content (AvgIpc) is 3.52. The lowest BCUT2D eigenvalue weighted by atomic mass is 9.65. The van der Waals surface area contributed by atoms with E-state index in [2.05, 4.69) is 15.2 Å². The van der Waals surface area contributed by atoms with E-state index in [-0.39, 0.29) is 11.9 Å². The highest BCUT2D eigenvalue weighted by atomic mass is 19.1. The number of halogens is 2. The summed E-state index contributed by atoms with van der Waals surface area (Å²) < 4.78 is 30.2. The Morgan fingerprint density at radius 3 is 2.92 bits per heavy atom. The van der Waals surface area contributed by atoms with Crippen LogP contribution in [0.4, 0.5) is 14.5 Å². The van der Waals surface area contributed by atoms with Crippen molar-refractivity contribution >= 4 is 17.2 Å². The number of fused-ring (bicyclic) bond motifs is 3. The molecule has 3 heterocycles. The lowest BCUT2D eigenvalue weighted by molar-refractivity contribution is -0.0680. The zero-order valence-electron chi connectivity index (χ0n) is 21.0. The third-order valence-electron chi connectivity index (χ3n) is 8.72. The minimum absolute atomic E-state index is 0.187. The Morgan fingerprint density at radius 1 is 1.16 bits per heavy atom. The Bertz CT molecular complexity index is 1310. The van der Waals surface area contributed by atoms with E-state index in [0.717, 1.165) is 69.7 Å². The first-order valence-electron chi connectivity index (χ1n) is 13.6. The van der Waals surface area contributed by atoms with E-state index < -0.39 is 17.2 Å². The van der Waals surface area contributed by atoms with E-state index in [1.54, 1.807) is 10.6 Å². The zero-order valence-corrected chi connectivity index (χ0v) is 21.0. The summed E-state index contributed by atoms with van der Waals surface area (Å²) in [4.78, 5) is 19.6. The van der Waals surface area contributed by atoms with Crippen LogP contribution < -0.4 is 10.2 Å². The fraction of sp³-hybridized carbons (Fsp3) is 0.517. The van der Waals surface area contributed by atoms with Gasteiger partial charge in [-0.15, -0.1) is 0 Å². The molecule has 0 spiro atoms. The molecule has 2 aliphatic carbocycles. The molecule has 37 heavy (non-hydrogen) atoms. The predicted octanol–water partition coefficient (Wildman–Crippen LogP) is 5.41. The molecule has 0 radical (unpaired) electrons. The molecule has 6 rings (SSSR count). The first-order chi connectivity index (χ1) is 17.9. The number of aromatic nitrogens is 2. The molecule has 1 aromatic carbocycles. The fourth-order valence-corrected chi connectivity index (χ4v) is 7.12.